The quantitative estimate of drug-likeness (QED) is 0.516. The largest absolute Gasteiger partial charge is 0.332 e. The van der Waals surface area contributed by atoms with Crippen LogP contribution in [0.25, 0.3) is 0 Å². The SMILES string of the molecule is CC(=O)ON(C(=O)CN)N(OC(C)=O)C(=O)CN. The van der Waals surface area contributed by atoms with Crippen molar-refractivity contribution in [3.8, 4) is 0 Å². The molecule has 0 aromatic carbocycles. The Bertz CT molecular complexity index is 323. The second-order valence-corrected chi connectivity index (χ2v) is 2.91. The predicted octanol–water partition coefficient (Wildman–Crippen LogP) is -2.57. The van der Waals surface area contributed by atoms with Crippen LogP contribution >= 0.6 is 0 Å². The minimum Gasteiger partial charge on any atom is -0.322 e. The summed E-state index contributed by atoms with van der Waals surface area (Å²) in [4.78, 5) is 53.2. The maximum absolute atomic E-state index is 11.4. The zero-order valence-electron chi connectivity index (χ0n) is 9.91. The van der Waals surface area contributed by atoms with Crippen molar-refractivity contribution in [3.05, 3.63) is 0 Å². The Labute approximate surface area is 102 Å². The van der Waals surface area contributed by atoms with E-state index in [0.29, 0.717) is 0 Å². The summed E-state index contributed by atoms with van der Waals surface area (Å²) < 4.78 is 0. The molecule has 10 heteroatoms. The van der Waals surface area contributed by atoms with E-state index < -0.39 is 36.8 Å². The third-order valence-corrected chi connectivity index (χ3v) is 1.37. The van der Waals surface area contributed by atoms with Gasteiger partial charge in [-0.2, -0.15) is 0 Å². The van der Waals surface area contributed by atoms with Gasteiger partial charge in [0, 0.05) is 13.8 Å². The van der Waals surface area contributed by atoms with Gasteiger partial charge in [0.2, 0.25) is 0 Å². The van der Waals surface area contributed by atoms with Crippen molar-refractivity contribution in [2.75, 3.05) is 13.1 Å². The van der Waals surface area contributed by atoms with Gasteiger partial charge in [-0.1, -0.05) is 0 Å². The van der Waals surface area contributed by atoms with Crippen LogP contribution in [0.15, 0.2) is 0 Å². The summed E-state index contributed by atoms with van der Waals surface area (Å²) in [5.74, 6) is -3.79. The molecule has 0 saturated heterocycles. The van der Waals surface area contributed by atoms with Crippen molar-refractivity contribution in [2.45, 2.75) is 13.8 Å². The number of nitrogens with two attached hydrogens (primary N) is 2. The van der Waals surface area contributed by atoms with Gasteiger partial charge in [-0.15, -0.1) is 0 Å². The average Bonchev–Trinajstić information content (AvgIpc) is 2.30. The number of rotatable bonds is 2. The number of amides is 2. The molecule has 0 radical (unpaired) electrons. The molecule has 18 heavy (non-hydrogen) atoms. The van der Waals surface area contributed by atoms with Gasteiger partial charge in [-0.25, -0.2) is 9.59 Å². The first-order chi connectivity index (χ1) is 8.33. The standard InChI is InChI=1S/C8H14N4O6/c1-5(13)17-11(7(15)3-9)12(8(16)4-10)18-6(2)14/h3-4,9-10H2,1-2H3. The number of hydrogen-bond donors (Lipinski definition) is 2. The average molecular weight is 262 g/mol. The molecular weight excluding hydrogens is 248 g/mol. The zero-order chi connectivity index (χ0) is 14.3. The summed E-state index contributed by atoms with van der Waals surface area (Å²) in [5.41, 5.74) is 10.1. The number of hydrogen-bond acceptors (Lipinski definition) is 8. The van der Waals surface area contributed by atoms with E-state index in [-0.39, 0.29) is 10.3 Å². The minimum absolute atomic E-state index is 0.138. The van der Waals surface area contributed by atoms with Gasteiger partial charge in [0.1, 0.15) is 0 Å². The molecule has 0 aliphatic heterocycles. The molecule has 0 bridgehead atoms. The highest BCUT2D eigenvalue weighted by Crippen LogP contribution is 2.03. The second-order valence-electron chi connectivity index (χ2n) is 2.91. The Kier molecular flexibility index (Phi) is 6.31. The molecule has 0 spiro atoms. The molecule has 0 aliphatic rings. The van der Waals surface area contributed by atoms with E-state index in [4.69, 9.17) is 11.5 Å². The van der Waals surface area contributed by atoms with E-state index in [0.717, 1.165) is 13.8 Å². The highest BCUT2D eigenvalue weighted by molar-refractivity contribution is 5.84. The zero-order valence-corrected chi connectivity index (χ0v) is 9.91. The number of hydroxylamine groups is 2. The van der Waals surface area contributed by atoms with E-state index in [2.05, 4.69) is 9.68 Å². The maximum Gasteiger partial charge on any atom is 0.332 e. The highest BCUT2D eigenvalue weighted by Gasteiger charge is 2.31. The van der Waals surface area contributed by atoms with Crippen LogP contribution in [0.3, 0.4) is 0 Å². The normalized spacial score (nSPS) is 9.33. The van der Waals surface area contributed by atoms with Gasteiger partial charge in [-0.05, 0) is 10.3 Å². The van der Waals surface area contributed by atoms with Gasteiger partial charge in [0.25, 0.3) is 11.8 Å². The van der Waals surface area contributed by atoms with Crippen molar-refractivity contribution in [2.24, 2.45) is 11.5 Å². The molecular formula is C8H14N4O6. The van der Waals surface area contributed by atoms with Crippen LogP contribution in [0.2, 0.25) is 0 Å². The summed E-state index contributed by atoms with van der Waals surface area (Å²) in [6.07, 6.45) is 0. The monoisotopic (exact) mass is 262 g/mol. The van der Waals surface area contributed by atoms with Crippen LogP contribution in [0, 0.1) is 0 Å². The van der Waals surface area contributed by atoms with Crippen LogP contribution in [0.1, 0.15) is 13.8 Å². The number of carbonyl (C=O) groups excluding carboxylic acids is 4. The lowest BCUT2D eigenvalue weighted by atomic mass is 10.6. The molecule has 0 atom stereocenters. The number of carbonyl (C=O) groups is 4. The van der Waals surface area contributed by atoms with E-state index in [1.54, 1.807) is 0 Å². The first kappa shape index (κ1) is 15.8. The first-order valence-electron chi connectivity index (χ1n) is 4.76. The van der Waals surface area contributed by atoms with Crippen molar-refractivity contribution in [3.63, 3.8) is 0 Å². The van der Waals surface area contributed by atoms with E-state index in [1.165, 1.54) is 0 Å². The van der Waals surface area contributed by atoms with Crippen LogP contribution in [-0.2, 0) is 28.9 Å². The highest BCUT2D eigenvalue weighted by atomic mass is 16.9. The van der Waals surface area contributed by atoms with Gasteiger partial charge < -0.3 is 21.1 Å². The summed E-state index contributed by atoms with van der Waals surface area (Å²) in [5, 5.41) is 0.276. The van der Waals surface area contributed by atoms with E-state index in [9.17, 15) is 19.2 Å². The van der Waals surface area contributed by atoms with Crippen LogP contribution in [0.5, 0.6) is 0 Å². The third-order valence-electron chi connectivity index (χ3n) is 1.37. The predicted molar refractivity (Wildman–Crippen MR) is 55.3 cm³/mol. The van der Waals surface area contributed by atoms with Crippen molar-refractivity contribution in [1.82, 2.24) is 10.3 Å². The van der Waals surface area contributed by atoms with Crippen molar-refractivity contribution < 1.29 is 28.9 Å². The Morgan fingerprint density at radius 1 is 0.833 bits per heavy atom. The molecule has 0 aromatic heterocycles. The van der Waals surface area contributed by atoms with Crippen LogP contribution in [-0.4, -0.2) is 47.2 Å². The Morgan fingerprint density at radius 3 is 1.28 bits per heavy atom. The third kappa shape index (κ3) is 4.76. The maximum atomic E-state index is 11.4. The van der Waals surface area contributed by atoms with Crippen molar-refractivity contribution >= 4 is 23.8 Å². The van der Waals surface area contributed by atoms with Crippen LogP contribution in [0.4, 0.5) is 0 Å². The Hall–Kier alpha value is -2.20. The minimum atomic E-state index is -0.978. The van der Waals surface area contributed by atoms with E-state index in [1.807, 2.05) is 0 Å². The summed E-state index contributed by atoms with van der Waals surface area (Å²) in [7, 11) is 0. The lowest BCUT2D eigenvalue weighted by Crippen LogP contribution is -2.54. The molecule has 0 aromatic rings. The fourth-order valence-electron chi connectivity index (χ4n) is 0.778. The summed E-state index contributed by atoms with van der Waals surface area (Å²) >= 11 is 0. The molecule has 0 saturated carbocycles. The smallest absolute Gasteiger partial charge is 0.322 e. The molecule has 0 aliphatic carbocycles. The Balaban J connectivity index is 5.17. The molecule has 0 fully saturated rings. The molecule has 4 N–H and O–H groups in total. The molecule has 0 heterocycles. The van der Waals surface area contributed by atoms with Crippen LogP contribution < -0.4 is 11.5 Å². The fourth-order valence-corrected chi connectivity index (χ4v) is 0.778. The summed E-state index contributed by atoms with van der Waals surface area (Å²) in [6.45, 7) is 0.803. The molecule has 0 unspecified atom stereocenters. The number of hydrazine groups is 1. The molecule has 2 amide bonds. The van der Waals surface area contributed by atoms with Gasteiger partial charge >= 0.3 is 11.9 Å². The van der Waals surface area contributed by atoms with Gasteiger partial charge in [-0.3, -0.25) is 9.59 Å². The fraction of sp³-hybridized carbons (Fsp3) is 0.500. The topological polar surface area (TPSA) is 145 Å². The summed E-state index contributed by atoms with van der Waals surface area (Å²) in [6, 6.07) is 0. The Morgan fingerprint density at radius 2 is 1.11 bits per heavy atom. The number of nitrogens with zero attached hydrogens (tertiary/aromatic N) is 2. The molecule has 102 valence electrons. The lowest BCUT2D eigenvalue weighted by Gasteiger charge is -2.28. The van der Waals surface area contributed by atoms with Gasteiger partial charge in [0.15, 0.2) is 0 Å². The lowest BCUT2D eigenvalue weighted by molar-refractivity contribution is -0.332. The first-order valence-corrected chi connectivity index (χ1v) is 4.76. The van der Waals surface area contributed by atoms with Crippen molar-refractivity contribution in [1.29, 1.82) is 0 Å². The molecule has 10 nitrogen and oxygen atoms in total. The molecule has 0 rings (SSSR count). The van der Waals surface area contributed by atoms with Gasteiger partial charge in [0.05, 0.1) is 13.1 Å². The van der Waals surface area contributed by atoms with E-state index >= 15 is 0 Å². The second kappa shape index (κ2) is 7.19.